The van der Waals surface area contributed by atoms with Crippen LogP contribution < -0.4 is 4.74 Å². The molecule has 0 amide bonds. The number of thiophene rings is 1. The van der Waals surface area contributed by atoms with E-state index in [-0.39, 0.29) is 5.82 Å². The average Bonchev–Trinajstić information content (AvgIpc) is 3.31. The highest BCUT2D eigenvalue weighted by Crippen LogP contribution is 2.21. The molecule has 3 aromatic rings. The Morgan fingerprint density at radius 3 is 2.73 bits per heavy atom. The van der Waals surface area contributed by atoms with Crippen molar-refractivity contribution in [3.05, 3.63) is 52.1 Å². The molecule has 0 bridgehead atoms. The second kappa shape index (κ2) is 7.81. The van der Waals surface area contributed by atoms with Crippen molar-refractivity contribution in [2.45, 2.75) is 12.8 Å². The first-order valence-electron chi connectivity index (χ1n) is 8.65. The first kappa shape index (κ1) is 17.0. The molecule has 1 aliphatic rings. The monoisotopic (exact) mass is 367 g/mol. The molecule has 2 aromatic heterocycles. The van der Waals surface area contributed by atoms with Crippen LogP contribution in [0.1, 0.15) is 24.1 Å². The molecule has 0 radical (unpaired) electrons. The smallest absolute Gasteiger partial charge is 0.249 e. The summed E-state index contributed by atoms with van der Waals surface area (Å²) in [6.45, 7) is 3.69. The lowest BCUT2D eigenvalue weighted by Crippen LogP contribution is -2.25. The number of halogens is 1. The Labute approximate surface area is 155 Å². The number of aromatic nitrogens is 2. The van der Waals surface area contributed by atoms with Crippen molar-refractivity contribution in [2.75, 3.05) is 26.2 Å². The van der Waals surface area contributed by atoms with Gasteiger partial charge < -0.3 is 4.74 Å². The first-order valence-corrected chi connectivity index (χ1v) is 9.59. The molecule has 132 valence electrons. The van der Waals surface area contributed by atoms with Crippen LogP contribution in [-0.4, -0.2) is 41.1 Å². The largest absolute Gasteiger partial charge is 0.474 e. The fourth-order valence-electron chi connectivity index (χ4n) is 2.94. The Morgan fingerprint density at radius 2 is 1.92 bits per heavy atom. The van der Waals surface area contributed by atoms with Crippen LogP contribution in [0.15, 0.2) is 35.0 Å². The van der Waals surface area contributed by atoms with Gasteiger partial charge in [-0.2, -0.15) is 0 Å². The van der Waals surface area contributed by atoms with Gasteiger partial charge in [0.1, 0.15) is 23.5 Å². The normalized spacial score (nSPS) is 14.3. The van der Waals surface area contributed by atoms with Crippen molar-refractivity contribution in [1.29, 1.82) is 0 Å². The van der Waals surface area contributed by atoms with E-state index < -0.39 is 0 Å². The summed E-state index contributed by atoms with van der Waals surface area (Å²) >= 11 is 1.54. The Hall–Kier alpha value is -2.49. The maximum atomic E-state index is 13.3. The van der Waals surface area contributed by atoms with Crippen LogP contribution in [0.2, 0.25) is 0 Å². The molecule has 1 fully saturated rings. The maximum absolute atomic E-state index is 13.3. The van der Waals surface area contributed by atoms with Crippen molar-refractivity contribution < 1.29 is 9.13 Å². The minimum atomic E-state index is -0.307. The molecule has 1 aromatic carbocycles. The molecule has 4 rings (SSSR count). The third-order valence-corrected chi connectivity index (χ3v) is 4.99. The minimum Gasteiger partial charge on any atom is -0.474 e. The number of hydrogen-bond acceptors (Lipinski definition) is 5. The predicted octanol–water partition coefficient (Wildman–Crippen LogP) is 3.70. The Morgan fingerprint density at radius 1 is 1.12 bits per heavy atom. The van der Waals surface area contributed by atoms with Crippen LogP contribution in [0.25, 0.3) is 11.0 Å². The van der Waals surface area contributed by atoms with Crippen molar-refractivity contribution in [3.63, 3.8) is 0 Å². The molecule has 0 spiro atoms. The molecule has 6 heteroatoms. The number of hydrogen-bond donors (Lipinski definition) is 0. The van der Waals surface area contributed by atoms with E-state index in [1.165, 1.54) is 25.0 Å². The van der Waals surface area contributed by atoms with E-state index in [9.17, 15) is 4.39 Å². The van der Waals surface area contributed by atoms with Gasteiger partial charge in [-0.05, 0) is 50.1 Å². The summed E-state index contributed by atoms with van der Waals surface area (Å²) in [6.07, 6.45) is 2.51. The van der Waals surface area contributed by atoms with E-state index in [1.807, 2.05) is 10.8 Å². The first-order chi connectivity index (χ1) is 12.8. The molecule has 0 saturated carbocycles. The second-order valence-corrected chi connectivity index (χ2v) is 6.92. The lowest BCUT2D eigenvalue weighted by molar-refractivity contribution is 0.231. The van der Waals surface area contributed by atoms with Crippen LogP contribution >= 0.6 is 11.3 Å². The highest BCUT2D eigenvalue weighted by atomic mass is 32.1. The minimum absolute atomic E-state index is 0.307. The fraction of sp³-hybridized carbons (Fsp3) is 0.300. The summed E-state index contributed by atoms with van der Waals surface area (Å²) < 4.78 is 19.2. The van der Waals surface area contributed by atoms with Gasteiger partial charge in [-0.1, -0.05) is 12.0 Å². The number of rotatable bonds is 4. The molecular formula is C20H18FN3OS. The summed E-state index contributed by atoms with van der Waals surface area (Å²) in [5, 5.41) is 3.88. The number of benzene rings is 1. The summed E-state index contributed by atoms with van der Waals surface area (Å²) in [7, 11) is 0. The average molecular weight is 367 g/mol. The molecule has 0 unspecified atom stereocenters. The summed E-state index contributed by atoms with van der Waals surface area (Å²) in [5.74, 6) is 6.08. The van der Waals surface area contributed by atoms with Gasteiger partial charge in [0.05, 0.1) is 0 Å². The zero-order valence-corrected chi connectivity index (χ0v) is 15.1. The Bertz CT molecular complexity index is 970. The highest BCUT2D eigenvalue weighted by Gasteiger charge is 2.13. The zero-order chi connectivity index (χ0) is 17.8. The van der Waals surface area contributed by atoms with E-state index in [0.29, 0.717) is 23.7 Å². The number of fused-ring (bicyclic) bond motifs is 1. The molecule has 0 atom stereocenters. The molecule has 26 heavy (non-hydrogen) atoms. The van der Waals surface area contributed by atoms with Crippen LogP contribution in [0.3, 0.4) is 0 Å². The van der Waals surface area contributed by atoms with Crippen molar-refractivity contribution >= 4 is 22.4 Å². The lowest BCUT2D eigenvalue weighted by atomic mass is 10.2. The van der Waals surface area contributed by atoms with E-state index >= 15 is 0 Å². The van der Waals surface area contributed by atoms with E-state index in [2.05, 4.69) is 26.7 Å². The third-order valence-electron chi connectivity index (χ3n) is 4.27. The fourth-order valence-corrected chi connectivity index (χ4v) is 3.61. The van der Waals surface area contributed by atoms with Crippen molar-refractivity contribution in [2.24, 2.45) is 0 Å². The molecule has 1 aliphatic heterocycles. The Kier molecular flexibility index (Phi) is 5.09. The molecule has 1 saturated heterocycles. The molecule has 3 heterocycles. The standard InChI is InChI=1S/C20H18FN3OS/c21-16-5-3-4-15(12-16)6-7-17-20(23-19-14-26-13-18(19)22-17)25-11-10-24-8-1-2-9-24/h3-5,12-14H,1-2,8-11H2. The van der Waals surface area contributed by atoms with Gasteiger partial charge in [0.25, 0.3) is 0 Å². The van der Waals surface area contributed by atoms with Gasteiger partial charge >= 0.3 is 0 Å². The van der Waals surface area contributed by atoms with Gasteiger partial charge in [0.15, 0.2) is 5.69 Å². The molecule has 4 nitrogen and oxygen atoms in total. The molecule has 0 aliphatic carbocycles. The van der Waals surface area contributed by atoms with Crippen molar-refractivity contribution in [1.82, 2.24) is 14.9 Å². The Balaban J connectivity index is 1.57. The second-order valence-electron chi connectivity index (χ2n) is 6.18. The zero-order valence-electron chi connectivity index (χ0n) is 14.2. The molecule has 0 N–H and O–H groups in total. The van der Waals surface area contributed by atoms with Crippen LogP contribution in [0.5, 0.6) is 5.88 Å². The quantitative estimate of drug-likeness (QED) is 0.659. The third kappa shape index (κ3) is 4.01. The van der Waals surface area contributed by atoms with Gasteiger partial charge in [-0.25, -0.2) is 14.4 Å². The van der Waals surface area contributed by atoms with Gasteiger partial charge in [-0.15, -0.1) is 11.3 Å². The van der Waals surface area contributed by atoms with Crippen molar-refractivity contribution in [3.8, 4) is 17.7 Å². The maximum Gasteiger partial charge on any atom is 0.249 e. The van der Waals surface area contributed by atoms with E-state index in [4.69, 9.17) is 4.74 Å². The molecular weight excluding hydrogens is 349 g/mol. The number of ether oxygens (including phenoxy) is 1. The number of nitrogens with zero attached hydrogens (tertiary/aromatic N) is 3. The van der Waals surface area contributed by atoms with Gasteiger partial charge in [0.2, 0.25) is 5.88 Å². The van der Waals surface area contributed by atoms with Gasteiger partial charge in [0, 0.05) is 22.9 Å². The number of likely N-dealkylation sites (tertiary alicyclic amines) is 1. The lowest BCUT2D eigenvalue weighted by Gasteiger charge is -2.14. The van der Waals surface area contributed by atoms with Crippen LogP contribution in [-0.2, 0) is 0 Å². The highest BCUT2D eigenvalue weighted by molar-refractivity contribution is 7.09. The van der Waals surface area contributed by atoms with E-state index in [1.54, 1.807) is 23.5 Å². The van der Waals surface area contributed by atoms with E-state index in [0.717, 1.165) is 30.7 Å². The summed E-state index contributed by atoms with van der Waals surface area (Å²) in [6, 6.07) is 6.20. The summed E-state index contributed by atoms with van der Waals surface area (Å²) in [5.41, 5.74) is 2.69. The SMILES string of the molecule is Fc1cccc(C#Cc2nc3cscc3nc2OCCN2CCCC2)c1. The van der Waals surface area contributed by atoms with Crippen LogP contribution in [0, 0.1) is 17.7 Å². The van der Waals surface area contributed by atoms with Crippen LogP contribution in [0.4, 0.5) is 4.39 Å². The summed E-state index contributed by atoms with van der Waals surface area (Å²) in [4.78, 5) is 11.5. The topological polar surface area (TPSA) is 38.3 Å². The van der Waals surface area contributed by atoms with Gasteiger partial charge in [-0.3, -0.25) is 4.90 Å². The predicted molar refractivity (Wildman–Crippen MR) is 101 cm³/mol.